The normalized spacial score (nSPS) is 16.8. The average molecular weight is 335 g/mol. The third kappa shape index (κ3) is 2.65. The van der Waals surface area contributed by atoms with Crippen LogP contribution in [0.3, 0.4) is 0 Å². The van der Waals surface area contributed by atoms with Crippen molar-refractivity contribution in [1.29, 1.82) is 0 Å². The molecule has 2 aromatic carbocycles. The summed E-state index contributed by atoms with van der Waals surface area (Å²) in [5.41, 5.74) is 7.43. The van der Waals surface area contributed by atoms with Crippen LogP contribution in [0, 0.1) is 0 Å². The number of amidine groups is 1. The Morgan fingerprint density at radius 3 is 2.62 bits per heavy atom. The van der Waals surface area contributed by atoms with Crippen molar-refractivity contribution in [1.82, 2.24) is 10.3 Å². The van der Waals surface area contributed by atoms with Gasteiger partial charge in [-0.25, -0.2) is 9.98 Å². The van der Waals surface area contributed by atoms with Crippen LogP contribution in [0.25, 0.3) is 10.2 Å². The van der Waals surface area contributed by atoms with E-state index in [1.807, 2.05) is 30.3 Å². The molecule has 2 heterocycles. The Balaban J connectivity index is 1.58. The van der Waals surface area contributed by atoms with Gasteiger partial charge in [0.2, 0.25) is 5.96 Å². The average Bonchev–Trinajstić information content (AvgIpc) is 3.18. The van der Waals surface area contributed by atoms with Gasteiger partial charge < -0.3 is 5.73 Å². The van der Waals surface area contributed by atoms with E-state index in [9.17, 15) is 4.79 Å². The Morgan fingerprint density at radius 1 is 1.08 bits per heavy atom. The fraction of sp³-hybridized carbons (Fsp3) is 0.0588. The van der Waals surface area contributed by atoms with E-state index in [0.29, 0.717) is 11.4 Å². The van der Waals surface area contributed by atoms with Gasteiger partial charge in [-0.2, -0.15) is 4.99 Å². The number of benzene rings is 2. The maximum atomic E-state index is 12.2. The molecule has 0 fully saturated rings. The van der Waals surface area contributed by atoms with Crippen LogP contribution in [0.2, 0.25) is 0 Å². The fourth-order valence-electron chi connectivity index (χ4n) is 2.41. The minimum Gasteiger partial charge on any atom is -0.385 e. The molecular weight excluding hydrogens is 322 g/mol. The van der Waals surface area contributed by atoms with Gasteiger partial charge in [-0.3, -0.25) is 10.1 Å². The van der Waals surface area contributed by atoms with E-state index in [-0.39, 0.29) is 11.9 Å². The molecule has 0 aliphatic carbocycles. The summed E-state index contributed by atoms with van der Waals surface area (Å²) in [6.45, 7) is 0. The molecule has 1 unspecified atom stereocenters. The number of aromatic nitrogens is 1. The second-order valence-electron chi connectivity index (χ2n) is 5.23. The first kappa shape index (κ1) is 14.5. The lowest BCUT2D eigenvalue weighted by molar-refractivity contribution is 0.0976. The van der Waals surface area contributed by atoms with Gasteiger partial charge in [0.1, 0.15) is 10.8 Å². The molecule has 3 aromatic rings. The van der Waals surface area contributed by atoms with Crippen LogP contribution < -0.4 is 11.1 Å². The zero-order valence-electron chi connectivity index (χ0n) is 12.5. The largest absolute Gasteiger partial charge is 0.385 e. The number of aliphatic imine (C=N–C) groups is 2. The Hall–Kier alpha value is -3.06. The van der Waals surface area contributed by atoms with Crippen LogP contribution >= 0.6 is 11.3 Å². The van der Waals surface area contributed by atoms with Gasteiger partial charge in [-0.05, 0) is 24.3 Å². The predicted molar refractivity (Wildman–Crippen MR) is 95.3 cm³/mol. The summed E-state index contributed by atoms with van der Waals surface area (Å²) in [6.07, 6.45) is 0. The number of para-hydroxylation sites is 1. The number of guanidine groups is 1. The number of amides is 1. The van der Waals surface area contributed by atoms with Crippen molar-refractivity contribution in [3.8, 4) is 0 Å². The van der Waals surface area contributed by atoms with Gasteiger partial charge in [0.05, 0.1) is 10.2 Å². The van der Waals surface area contributed by atoms with E-state index in [2.05, 4.69) is 20.3 Å². The number of hydrogen-bond acceptors (Lipinski definition) is 6. The van der Waals surface area contributed by atoms with E-state index in [4.69, 9.17) is 5.73 Å². The number of nitrogens with two attached hydrogens (primary N) is 1. The van der Waals surface area contributed by atoms with Crippen molar-refractivity contribution in [2.24, 2.45) is 15.7 Å². The van der Waals surface area contributed by atoms with Crippen LogP contribution in [0.4, 0.5) is 0 Å². The van der Waals surface area contributed by atoms with E-state index in [1.165, 1.54) is 11.3 Å². The van der Waals surface area contributed by atoms with Crippen LogP contribution in [-0.2, 0) is 0 Å². The Kier molecular flexibility index (Phi) is 3.55. The van der Waals surface area contributed by atoms with Gasteiger partial charge in [0, 0.05) is 5.56 Å². The maximum absolute atomic E-state index is 12.2. The summed E-state index contributed by atoms with van der Waals surface area (Å²) in [5.74, 6) is 0.277. The first-order valence-corrected chi connectivity index (χ1v) is 8.16. The fourth-order valence-corrected chi connectivity index (χ4v) is 3.43. The molecule has 0 spiro atoms. The maximum Gasteiger partial charge on any atom is 0.258 e. The van der Waals surface area contributed by atoms with Crippen molar-refractivity contribution in [2.45, 2.75) is 6.04 Å². The zero-order valence-corrected chi connectivity index (χ0v) is 13.3. The second kappa shape index (κ2) is 5.86. The number of thiazole rings is 1. The Morgan fingerprint density at radius 2 is 1.83 bits per heavy atom. The lowest BCUT2D eigenvalue weighted by Gasteiger charge is -2.02. The molecule has 118 valence electrons. The van der Waals surface area contributed by atoms with Crippen LogP contribution in [0.15, 0.2) is 64.6 Å². The SMILES string of the molecule is NC1=NC(NC(=O)c2ccccc2)=NC1c1nc2ccccc2s1. The second-order valence-corrected chi connectivity index (χ2v) is 6.29. The number of nitrogens with zero attached hydrogens (tertiary/aromatic N) is 3. The van der Waals surface area contributed by atoms with Crippen molar-refractivity contribution in [2.75, 3.05) is 0 Å². The highest BCUT2D eigenvalue weighted by Gasteiger charge is 2.26. The van der Waals surface area contributed by atoms with Crippen molar-refractivity contribution in [3.05, 3.63) is 65.2 Å². The molecule has 0 radical (unpaired) electrons. The highest BCUT2D eigenvalue weighted by molar-refractivity contribution is 7.18. The third-order valence-electron chi connectivity index (χ3n) is 3.57. The van der Waals surface area contributed by atoms with E-state index < -0.39 is 6.04 Å². The molecule has 1 aliphatic heterocycles. The molecule has 1 aliphatic rings. The van der Waals surface area contributed by atoms with Gasteiger partial charge in [-0.1, -0.05) is 30.3 Å². The Bertz CT molecular complexity index is 944. The van der Waals surface area contributed by atoms with Gasteiger partial charge in [0.25, 0.3) is 5.91 Å². The highest BCUT2D eigenvalue weighted by atomic mass is 32.1. The number of hydrogen-bond donors (Lipinski definition) is 2. The molecule has 6 nitrogen and oxygen atoms in total. The van der Waals surface area contributed by atoms with Crippen molar-refractivity contribution in [3.63, 3.8) is 0 Å². The van der Waals surface area contributed by atoms with Crippen molar-refractivity contribution >= 4 is 39.3 Å². The van der Waals surface area contributed by atoms with Gasteiger partial charge in [0.15, 0.2) is 6.04 Å². The van der Waals surface area contributed by atoms with Crippen LogP contribution in [0.5, 0.6) is 0 Å². The van der Waals surface area contributed by atoms with Crippen LogP contribution in [0.1, 0.15) is 21.4 Å². The highest BCUT2D eigenvalue weighted by Crippen LogP contribution is 2.30. The van der Waals surface area contributed by atoms with Crippen molar-refractivity contribution < 1.29 is 4.79 Å². The van der Waals surface area contributed by atoms with E-state index >= 15 is 0 Å². The lowest BCUT2D eigenvalue weighted by atomic mass is 10.2. The minimum absolute atomic E-state index is 0.214. The summed E-state index contributed by atoms with van der Waals surface area (Å²) >= 11 is 1.52. The molecule has 0 bridgehead atoms. The van der Waals surface area contributed by atoms with Crippen LogP contribution in [-0.4, -0.2) is 22.7 Å². The topological polar surface area (TPSA) is 92.7 Å². The molecule has 0 saturated heterocycles. The number of fused-ring (bicyclic) bond motifs is 1. The summed E-state index contributed by atoms with van der Waals surface area (Å²) < 4.78 is 1.07. The molecule has 7 heteroatoms. The molecule has 4 rings (SSSR count). The minimum atomic E-state index is -0.450. The Labute approximate surface area is 141 Å². The summed E-state index contributed by atoms with van der Waals surface area (Å²) in [4.78, 5) is 25.3. The summed E-state index contributed by atoms with van der Waals surface area (Å²) in [5, 5.41) is 3.44. The third-order valence-corrected chi connectivity index (χ3v) is 4.66. The van der Waals surface area contributed by atoms with Gasteiger partial charge >= 0.3 is 0 Å². The van der Waals surface area contributed by atoms with E-state index in [0.717, 1.165) is 15.2 Å². The number of rotatable bonds is 2. The standard InChI is InChI=1S/C17H13N5OS/c18-14-13(16-19-11-8-4-5-9-12(11)24-16)20-17(21-14)22-15(23)10-6-2-1-3-7-10/h1-9,13H,(H3,18,20,21,22,23). The lowest BCUT2D eigenvalue weighted by Crippen LogP contribution is -2.28. The smallest absolute Gasteiger partial charge is 0.258 e. The summed E-state index contributed by atoms with van der Waals surface area (Å²) in [7, 11) is 0. The molecule has 0 saturated carbocycles. The summed E-state index contributed by atoms with van der Waals surface area (Å²) in [6, 6.07) is 16.3. The predicted octanol–water partition coefficient (Wildman–Crippen LogP) is 2.49. The monoisotopic (exact) mass is 335 g/mol. The molecular formula is C17H13N5OS. The number of carbonyl (C=O) groups is 1. The molecule has 24 heavy (non-hydrogen) atoms. The first-order valence-electron chi connectivity index (χ1n) is 7.34. The first-order chi connectivity index (χ1) is 11.7. The van der Waals surface area contributed by atoms with E-state index in [1.54, 1.807) is 24.3 Å². The zero-order chi connectivity index (χ0) is 16.5. The van der Waals surface area contributed by atoms with Gasteiger partial charge in [-0.15, -0.1) is 11.3 Å². The molecule has 3 N–H and O–H groups in total. The molecule has 1 aromatic heterocycles. The quantitative estimate of drug-likeness (QED) is 0.753. The molecule has 1 amide bonds. The number of nitrogens with one attached hydrogen (secondary N) is 1. The molecule has 1 atom stereocenters. The number of carbonyl (C=O) groups excluding carboxylic acids is 1.